The molecular weight excluding hydrogens is 404 g/mol. The molecule has 3 nitrogen and oxygen atoms in total. The van der Waals surface area contributed by atoms with Crippen LogP contribution in [-0.2, 0) is 18.9 Å². The van der Waals surface area contributed by atoms with Crippen molar-refractivity contribution in [2.75, 3.05) is 14.1 Å². The Bertz CT molecular complexity index is 655. The second-order valence-corrected chi connectivity index (χ2v) is 7.57. The average Bonchev–Trinajstić information content (AvgIpc) is 2.58. The fourth-order valence-electron chi connectivity index (χ4n) is 3.42. The Morgan fingerprint density at radius 1 is 1.00 bits per heavy atom. The molecule has 1 fully saturated rings. The summed E-state index contributed by atoms with van der Waals surface area (Å²) in [5.41, 5.74) is -2.81. The summed E-state index contributed by atoms with van der Waals surface area (Å²) >= 11 is 5.20. The topological polar surface area (TPSA) is 27.3 Å². The second kappa shape index (κ2) is 8.86. The summed E-state index contributed by atoms with van der Waals surface area (Å²) in [7, 11) is 3.92. The predicted molar refractivity (Wildman–Crippen MR) is 98.8 cm³/mol. The van der Waals surface area contributed by atoms with Crippen LogP contribution in [0.1, 0.15) is 42.4 Å². The fourth-order valence-corrected chi connectivity index (χ4v) is 3.64. The lowest BCUT2D eigenvalue weighted by Gasteiger charge is -2.37. The molecule has 10 heteroatoms. The molecule has 1 aromatic rings. The van der Waals surface area contributed by atoms with Gasteiger partial charge in [0.05, 0.1) is 11.1 Å². The molecule has 1 aliphatic rings. The van der Waals surface area contributed by atoms with Crippen LogP contribution in [0, 0.1) is 0 Å². The van der Waals surface area contributed by atoms with Crippen LogP contribution in [0.5, 0.6) is 0 Å². The highest BCUT2D eigenvalue weighted by Gasteiger charge is 2.37. The third-order valence-electron chi connectivity index (χ3n) is 4.81. The van der Waals surface area contributed by atoms with Gasteiger partial charge in [0, 0.05) is 18.6 Å². The number of hydrogen-bond acceptors (Lipinski definition) is 2. The first kappa shape index (κ1) is 22.7. The van der Waals surface area contributed by atoms with E-state index in [1.165, 1.54) is 0 Å². The maximum Gasteiger partial charge on any atom is 0.416 e. The van der Waals surface area contributed by atoms with Crippen molar-refractivity contribution in [1.29, 1.82) is 0 Å². The van der Waals surface area contributed by atoms with Crippen molar-refractivity contribution in [3.05, 3.63) is 34.9 Å². The minimum absolute atomic E-state index is 0.0796. The number of rotatable bonds is 4. The number of thiocarbonyl (C=S) groups is 1. The molecular formula is C18H23F6N3S. The second-order valence-electron chi connectivity index (χ2n) is 7.16. The first-order valence-corrected chi connectivity index (χ1v) is 9.28. The summed E-state index contributed by atoms with van der Waals surface area (Å²) in [6.45, 7) is -0.238. The van der Waals surface area contributed by atoms with E-state index in [-0.39, 0.29) is 35.4 Å². The van der Waals surface area contributed by atoms with Crippen molar-refractivity contribution in [2.45, 2.75) is 56.7 Å². The molecule has 0 aliphatic heterocycles. The lowest BCUT2D eigenvalue weighted by atomic mass is 9.90. The molecule has 1 saturated carbocycles. The van der Waals surface area contributed by atoms with Gasteiger partial charge in [-0.3, -0.25) is 0 Å². The van der Waals surface area contributed by atoms with Crippen LogP contribution >= 0.6 is 12.2 Å². The monoisotopic (exact) mass is 427 g/mol. The van der Waals surface area contributed by atoms with Gasteiger partial charge in [-0.25, -0.2) is 0 Å². The van der Waals surface area contributed by atoms with Gasteiger partial charge in [-0.05, 0) is 62.9 Å². The van der Waals surface area contributed by atoms with Crippen molar-refractivity contribution >= 4 is 17.3 Å². The molecule has 2 N–H and O–H groups in total. The van der Waals surface area contributed by atoms with E-state index >= 15 is 0 Å². The third-order valence-corrected chi connectivity index (χ3v) is 5.07. The lowest BCUT2D eigenvalue weighted by molar-refractivity contribution is -0.143. The largest absolute Gasteiger partial charge is 0.416 e. The number of nitrogens with one attached hydrogen (secondary N) is 2. The van der Waals surface area contributed by atoms with E-state index in [2.05, 4.69) is 15.5 Å². The van der Waals surface area contributed by atoms with Gasteiger partial charge in [0.15, 0.2) is 5.11 Å². The van der Waals surface area contributed by atoms with E-state index in [0.717, 1.165) is 25.7 Å². The van der Waals surface area contributed by atoms with Gasteiger partial charge in [-0.15, -0.1) is 0 Å². The van der Waals surface area contributed by atoms with Gasteiger partial charge in [0.2, 0.25) is 0 Å². The van der Waals surface area contributed by atoms with E-state index in [0.29, 0.717) is 12.1 Å². The molecule has 158 valence electrons. The molecule has 2 atom stereocenters. The zero-order valence-corrected chi connectivity index (χ0v) is 16.4. The number of nitrogens with zero attached hydrogens (tertiary/aromatic N) is 1. The van der Waals surface area contributed by atoms with Gasteiger partial charge in [-0.1, -0.05) is 12.8 Å². The van der Waals surface area contributed by atoms with Crippen LogP contribution < -0.4 is 10.6 Å². The van der Waals surface area contributed by atoms with Crippen LogP contribution in [0.2, 0.25) is 0 Å². The lowest BCUT2D eigenvalue weighted by Crippen LogP contribution is -2.53. The predicted octanol–water partition coefficient (Wildman–Crippen LogP) is 4.56. The van der Waals surface area contributed by atoms with Crippen LogP contribution in [0.3, 0.4) is 0 Å². The number of hydrogen-bond donors (Lipinski definition) is 2. The van der Waals surface area contributed by atoms with E-state index in [4.69, 9.17) is 12.2 Å². The number of halogens is 6. The number of benzene rings is 1. The van der Waals surface area contributed by atoms with Crippen molar-refractivity contribution < 1.29 is 26.3 Å². The van der Waals surface area contributed by atoms with Crippen LogP contribution in [-0.4, -0.2) is 36.2 Å². The standard InChI is InChI=1S/C18H23F6N3S/c1-27(2)15-6-4-3-5-14(15)26-16(28)25-10-11-7-12(17(19,20)21)9-13(8-11)18(22,23)24/h7-9,14-15H,3-6,10H2,1-2H3,(H2,25,26,28). The Kier molecular flexibility index (Phi) is 7.19. The van der Waals surface area contributed by atoms with Crippen LogP contribution in [0.4, 0.5) is 26.3 Å². The molecule has 28 heavy (non-hydrogen) atoms. The van der Waals surface area contributed by atoms with Crippen LogP contribution in [0.15, 0.2) is 18.2 Å². The van der Waals surface area contributed by atoms with E-state index in [9.17, 15) is 26.3 Å². The zero-order valence-electron chi connectivity index (χ0n) is 15.5. The SMILES string of the molecule is CN(C)C1CCCCC1NC(=S)NCc1cc(C(F)(F)F)cc(C(F)(F)F)c1. The first-order valence-electron chi connectivity index (χ1n) is 8.87. The molecule has 0 bridgehead atoms. The maximum absolute atomic E-state index is 12.9. The Morgan fingerprint density at radius 2 is 1.54 bits per heavy atom. The highest BCUT2D eigenvalue weighted by Crippen LogP contribution is 2.36. The summed E-state index contributed by atoms with van der Waals surface area (Å²) < 4.78 is 77.6. The smallest absolute Gasteiger partial charge is 0.359 e. The zero-order chi connectivity index (χ0) is 21.1. The van der Waals surface area contributed by atoms with Crippen molar-refractivity contribution in [1.82, 2.24) is 15.5 Å². The van der Waals surface area contributed by atoms with Crippen LogP contribution in [0.25, 0.3) is 0 Å². The molecule has 0 spiro atoms. The summed E-state index contributed by atoms with van der Waals surface area (Å²) in [6.07, 6.45) is -5.70. The molecule has 0 aromatic heterocycles. The Labute approximate surface area is 165 Å². The molecule has 0 heterocycles. The minimum atomic E-state index is -4.87. The van der Waals surface area contributed by atoms with Gasteiger partial charge >= 0.3 is 12.4 Å². The molecule has 2 rings (SSSR count). The maximum atomic E-state index is 12.9. The Morgan fingerprint density at radius 3 is 2.04 bits per heavy atom. The van der Waals surface area contributed by atoms with E-state index in [1.807, 2.05) is 14.1 Å². The third kappa shape index (κ3) is 6.23. The summed E-state index contributed by atoms with van der Waals surface area (Å²) in [5, 5.41) is 6.09. The van der Waals surface area contributed by atoms with E-state index in [1.54, 1.807) is 0 Å². The Balaban J connectivity index is 2.07. The van der Waals surface area contributed by atoms with E-state index < -0.39 is 23.5 Å². The fraction of sp³-hybridized carbons (Fsp3) is 0.611. The quantitative estimate of drug-likeness (QED) is 0.544. The summed E-state index contributed by atoms with van der Waals surface area (Å²) in [4.78, 5) is 2.09. The summed E-state index contributed by atoms with van der Waals surface area (Å²) in [6, 6.07) is 1.86. The molecule has 1 aliphatic carbocycles. The van der Waals surface area contributed by atoms with Crippen molar-refractivity contribution in [3.8, 4) is 0 Å². The molecule has 1 aromatic carbocycles. The molecule has 0 amide bonds. The van der Waals surface area contributed by atoms with Gasteiger partial charge < -0.3 is 15.5 Å². The number of alkyl halides is 6. The molecule has 0 radical (unpaired) electrons. The normalized spacial score (nSPS) is 20.9. The van der Waals surface area contributed by atoms with Crippen molar-refractivity contribution in [3.63, 3.8) is 0 Å². The highest BCUT2D eigenvalue weighted by atomic mass is 32.1. The summed E-state index contributed by atoms with van der Waals surface area (Å²) in [5.74, 6) is 0. The minimum Gasteiger partial charge on any atom is -0.359 e. The van der Waals surface area contributed by atoms with Gasteiger partial charge in [-0.2, -0.15) is 26.3 Å². The number of likely N-dealkylation sites (N-methyl/N-ethyl adjacent to an activating group) is 1. The Hall–Kier alpha value is -1.55. The average molecular weight is 427 g/mol. The first-order chi connectivity index (χ1) is 12.9. The van der Waals surface area contributed by atoms with Crippen molar-refractivity contribution in [2.24, 2.45) is 0 Å². The molecule has 2 unspecified atom stereocenters. The van der Waals surface area contributed by atoms with Gasteiger partial charge in [0.1, 0.15) is 0 Å². The highest BCUT2D eigenvalue weighted by molar-refractivity contribution is 7.80. The van der Waals surface area contributed by atoms with Gasteiger partial charge in [0.25, 0.3) is 0 Å². The molecule has 0 saturated heterocycles.